The molecule has 0 aliphatic carbocycles. The van der Waals surface area contributed by atoms with E-state index in [1.54, 1.807) is 0 Å². The Morgan fingerprint density at radius 2 is 1.95 bits per heavy atom. The van der Waals surface area contributed by atoms with Crippen LogP contribution in [0.3, 0.4) is 0 Å². The van der Waals surface area contributed by atoms with Crippen LogP contribution >= 0.6 is 0 Å². The van der Waals surface area contributed by atoms with Gasteiger partial charge in [-0.1, -0.05) is 12.1 Å². The average Bonchev–Trinajstić information content (AvgIpc) is 3.00. The Hall–Kier alpha value is -1.39. The van der Waals surface area contributed by atoms with Gasteiger partial charge in [-0.15, -0.1) is 0 Å². The molecule has 3 atom stereocenters. The molecule has 2 aliphatic rings. The van der Waals surface area contributed by atoms with Crippen molar-refractivity contribution in [3.8, 4) is 0 Å². The normalized spacial score (nSPS) is 29.8. The molecule has 4 nitrogen and oxygen atoms in total. The highest BCUT2D eigenvalue weighted by Crippen LogP contribution is 2.27. The standard InChI is InChI=1S/C18H26N2O2/c1-13-10-19(3)11-14(2)20(13)18(21)16-6-4-5-15(9-16)17-7-8-22-12-17/h4-6,9,13-14,17H,7-8,10-12H2,1-3H3/t13-,14+,17-/m0/s1. The minimum absolute atomic E-state index is 0.161. The van der Waals surface area contributed by atoms with Crippen LogP contribution in [0, 0.1) is 0 Å². The van der Waals surface area contributed by atoms with Crippen molar-refractivity contribution in [2.24, 2.45) is 0 Å². The number of hydrogen-bond acceptors (Lipinski definition) is 3. The summed E-state index contributed by atoms with van der Waals surface area (Å²) in [6.45, 7) is 7.75. The summed E-state index contributed by atoms with van der Waals surface area (Å²) in [5.41, 5.74) is 2.05. The molecule has 3 rings (SSSR count). The van der Waals surface area contributed by atoms with E-state index in [-0.39, 0.29) is 18.0 Å². The van der Waals surface area contributed by atoms with Crippen molar-refractivity contribution in [1.82, 2.24) is 9.80 Å². The molecule has 1 amide bonds. The fourth-order valence-corrected chi connectivity index (χ4v) is 3.86. The molecule has 22 heavy (non-hydrogen) atoms. The van der Waals surface area contributed by atoms with Gasteiger partial charge in [0.25, 0.3) is 5.91 Å². The molecule has 0 radical (unpaired) electrons. The monoisotopic (exact) mass is 302 g/mol. The molecule has 4 heteroatoms. The number of carbonyl (C=O) groups is 1. The van der Waals surface area contributed by atoms with Gasteiger partial charge in [0.05, 0.1) is 6.61 Å². The number of benzene rings is 1. The van der Waals surface area contributed by atoms with Crippen LogP contribution in [0.4, 0.5) is 0 Å². The van der Waals surface area contributed by atoms with Crippen molar-refractivity contribution in [3.63, 3.8) is 0 Å². The van der Waals surface area contributed by atoms with Gasteiger partial charge in [0.15, 0.2) is 0 Å². The number of nitrogens with zero attached hydrogens (tertiary/aromatic N) is 2. The highest BCUT2D eigenvalue weighted by atomic mass is 16.5. The lowest BCUT2D eigenvalue weighted by molar-refractivity contribution is 0.0350. The molecule has 2 fully saturated rings. The maximum absolute atomic E-state index is 13.0. The molecule has 120 valence electrons. The minimum atomic E-state index is 0.161. The molecule has 0 saturated carbocycles. The van der Waals surface area contributed by atoms with E-state index >= 15 is 0 Å². The molecule has 2 aliphatic heterocycles. The highest BCUT2D eigenvalue weighted by molar-refractivity contribution is 5.95. The third-order valence-electron chi connectivity index (χ3n) is 4.87. The van der Waals surface area contributed by atoms with Gasteiger partial charge in [-0.3, -0.25) is 4.79 Å². The summed E-state index contributed by atoms with van der Waals surface area (Å²) in [6, 6.07) is 8.64. The van der Waals surface area contributed by atoms with Crippen molar-refractivity contribution in [2.75, 3.05) is 33.4 Å². The Morgan fingerprint density at radius 1 is 1.23 bits per heavy atom. The summed E-state index contributed by atoms with van der Waals surface area (Å²) in [4.78, 5) is 17.3. The first-order chi connectivity index (χ1) is 10.6. The van der Waals surface area contributed by atoms with Gasteiger partial charge >= 0.3 is 0 Å². The number of piperazine rings is 1. The van der Waals surface area contributed by atoms with Crippen LogP contribution in [0.1, 0.15) is 42.1 Å². The zero-order chi connectivity index (χ0) is 15.7. The van der Waals surface area contributed by atoms with Crippen LogP contribution in [0.2, 0.25) is 0 Å². The number of ether oxygens (including phenoxy) is 1. The van der Waals surface area contributed by atoms with Crippen molar-refractivity contribution in [3.05, 3.63) is 35.4 Å². The van der Waals surface area contributed by atoms with Gasteiger partial charge in [0.1, 0.15) is 0 Å². The molecule has 0 spiro atoms. The fraction of sp³-hybridized carbons (Fsp3) is 0.611. The molecular weight excluding hydrogens is 276 g/mol. The number of carbonyl (C=O) groups excluding carboxylic acids is 1. The highest BCUT2D eigenvalue weighted by Gasteiger charge is 2.32. The second kappa shape index (κ2) is 6.39. The van der Waals surface area contributed by atoms with Crippen molar-refractivity contribution in [1.29, 1.82) is 0 Å². The first kappa shape index (κ1) is 15.5. The van der Waals surface area contributed by atoms with Crippen LogP contribution < -0.4 is 0 Å². The van der Waals surface area contributed by atoms with Crippen LogP contribution in [0.25, 0.3) is 0 Å². The Labute approximate surface area is 133 Å². The van der Waals surface area contributed by atoms with E-state index in [1.165, 1.54) is 5.56 Å². The maximum Gasteiger partial charge on any atom is 0.254 e. The third kappa shape index (κ3) is 3.03. The minimum Gasteiger partial charge on any atom is -0.381 e. The predicted octanol–water partition coefficient (Wildman–Crippen LogP) is 2.36. The Kier molecular flexibility index (Phi) is 4.50. The molecule has 0 bridgehead atoms. The third-order valence-corrected chi connectivity index (χ3v) is 4.87. The summed E-state index contributed by atoms with van der Waals surface area (Å²) >= 11 is 0. The zero-order valence-corrected chi connectivity index (χ0v) is 13.8. The topological polar surface area (TPSA) is 32.8 Å². The summed E-state index contributed by atoms with van der Waals surface area (Å²) in [5, 5.41) is 0. The van der Waals surface area contributed by atoms with E-state index in [1.807, 2.05) is 17.0 Å². The van der Waals surface area contributed by atoms with E-state index in [0.29, 0.717) is 5.92 Å². The molecule has 2 heterocycles. The van der Waals surface area contributed by atoms with Gasteiger partial charge in [-0.25, -0.2) is 0 Å². The number of amides is 1. The second-order valence-corrected chi connectivity index (χ2v) is 6.82. The lowest BCUT2D eigenvalue weighted by atomic mass is 9.96. The van der Waals surface area contributed by atoms with Crippen LogP contribution in [-0.2, 0) is 4.74 Å². The van der Waals surface area contributed by atoms with E-state index in [9.17, 15) is 4.79 Å². The number of rotatable bonds is 2. The van der Waals surface area contributed by atoms with Gasteiger partial charge in [-0.05, 0) is 45.0 Å². The Morgan fingerprint density at radius 3 is 2.59 bits per heavy atom. The zero-order valence-electron chi connectivity index (χ0n) is 13.8. The van der Waals surface area contributed by atoms with Gasteiger partial charge < -0.3 is 14.5 Å². The van der Waals surface area contributed by atoms with Crippen LogP contribution in [0.15, 0.2) is 24.3 Å². The Balaban J connectivity index is 1.81. The summed E-state index contributed by atoms with van der Waals surface area (Å²) in [5.74, 6) is 0.601. The molecule has 1 aromatic rings. The maximum atomic E-state index is 13.0. The van der Waals surface area contributed by atoms with Crippen molar-refractivity contribution in [2.45, 2.75) is 38.3 Å². The molecular formula is C18H26N2O2. The van der Waals surface area contributed by atoms with E-state index in [0.717, 1.165) is 38.3 Å². The van der Waals surface area contributed by atoms with Crippen molar-refractivity contribution < 1.29 is 9.53 Å². The second-order valence-electron chi connectivity index (χ2n) is 6.82. The largest absolute Gasteiger partial charge is 0.381 e. The lowest BCUT2D eigenvalue weighted by Crippen LogP contribution is -2.57. The van der Waals surface area contributed by atoms with E-state index in [2.05, 4.69) is 37.9 Å². The van der Waals surface area contributed by atoms with Gasteiger partial charge in [0, 0.05) is 43.3 Å². The SMILES string of the molecule is C[C@@H]1CN(C)C[C@H](C)N1C(=O)c1cccc([C@H]2CCOC2)c1. The fourth-order valence-electron chi connectivity index (χ4n) is 3.86. The first-order valence-electron chi connectivity index (χ1n) is 8.25. The molecule has 1 aromatic carbocycles. The van der Waals surface area contributed by atoms with Crippen LogP contribution in [-0.4, -0.2) is 61.1 Å². The molecule has 0 unspecified atom stereocenters. The predicted molar refractivity (Wildman–Crippen MR) is 87.2 cm³/mol. The molecule has 0 N–H and O–H groups in total. The van der Waals surface area contributed by atoms with E-state index < -0.39 is 0 Å². The first-order valence-corrected chi connectivity index (χ1v) is 8.25. The molecule has 2 saturated heterocycles. The van der Waals surface area contributed by atoms with Crippen LogP contribution in [0.5, 0.6) is 0 Å². The Bertz CT molecular complexity index is 528. The summed E-state index contributed by atoms with van der Waals surface area (Å²) in [6.07, 6.45) is 1.05. The van der Waals surface area contributed by atoms with Gasteiger partial charge in [0.2, 0.25) is 0 Å². The smallest absolute Gasteiger partial charge is 0.254 e. The lowest BCUT2D eigenvalue weighted by Gasteiger charge is -2.43. The van der Waals surface area contributed by atoms with Gasteiger partial charge in [-0.2, -0.15) is 0 Å². The number of likely N-dealkylation sites (N-methyl/N-ethyl adjacent to an activating group) is 1. The van der Waals surface area contributed by atoms with Crippen molar-refractivity contribution >= 4 is 5.91 Å². The quantitative estimate of drug-likeness (QED) is 0.841. The van der Waals surface area contributed by atoms with E-state index in [4.69, 9.17) is 4.74 Å². The summed E-state index contributed by atoms with van der Waals surface area (Å²) in [7, 11) is 2.12. The number of hydrogen-bond donors (Lipinski definition) is 0. The average molecular weight is 302 g/mol. The summed E-state index contributed by atoms with van der Waals surface area (Å²) < 4.78 is 5.47. The molecule has 0 aromatic heterocycles.